The predicted molar refractivity (Wildman–Crippen MR) is 75.2 cm³/mol. The highest BCUT2D eigenvalue weighted by Crippen LogP contribution is 2.29. The van der Waals surface area contributed by atoms with Gasteiger partial charge in [-0.2, -0.15) is 0 Å². The number of hydrogen-bond donors (Lipinski definition) is 1. The monoisotopic (exact) mass is 326 g/mol. The number of hydrogen-bond acceptors (Lipinski definition) is 3. The Labute approximate surface area is 118 Å². The van der Waals surface area contributed by atoms with E-state index in [1.807, 2.05) is 18.2 Å². The maximum absolute atomic E-state index is 13.8. The van der Waals surface area contributed by atoms with Crippen LogP contribution in [0.3, 0.4) is 0 Å². The first-order valence-electron chi connectivity index (χ1n) is 5.47. The standard InChI is InChI=1S/C13H12BrFN2S/c14-10-2-4-13(17-8-10)18-12-3-1-9(5-6-16)7-11(12)15/h1-4,7-8H,5-6,16H2. The van der Waals surface area contributed by atoms with Gasteiger partial charge in [-0.15, -0.1) is 0 Å². The average Bonchev–Trinajstić information content (AvgIpc) is 2.36. The maximum atomic E-state index is 13.8. The second-order valence-electron chi connectivity index (χ2n) is 3.72. The van der Waals surface area contributed by atoms with E-state index in [1.54, 1.807) is 12.3 Å². The van der Waals surface area contributed by atoms with E-state index in [0.29, 0.717) is 17.9 Å². The lowest BCUT2D eigenvalue weighted by molar-refractivity contribution is 0.599. The molecule has 94 valence electrons. The zero-order valence-corrected chi connectivity index (χ0v) is 12.0. The molecule has 0 aliphatic carbocycles. The quantitative estimate of drug-likeness (QED) is 0.932. The van der Waals surface area contributed by atoms with Crippen molar-refractivity contribution in [2.24, 2.45) is 5.73 Å². The zero-order valence-electron chi connectivity index (χ0n) is 9.57. The minimum Gasteiger partial charge on any atom is -0.330 e. The number of nitrogens with two attached hydrogens (primary N) is 1. The molecule has 0 aliphatic heterocycles. The molecule has 0 saturated carbocycles. The predicted octanol–water partition coefficient (Wildman–Crippen LogP) is 3.64. The summed E-state index contributed by atoms with van der Waals surface area (Å²) in [4.78, 5) is 4.78. The van der Waals surface area contributed by atoms with Gasteiger partial charge in [0.25, 0.3) is 0 Å². The van der Waals surface area contributed by atoms with Crippen molar-refractivity contribution >= 4 is 27.7 Å². The summed E-state index contributed by atoms with van der Waals surface area (Å²) in [5.41, 5.74) is 6.36. The van der Waals surface area contributed by atoms with E-state index < -0.39 is 0 Å². The third-order valence-corrected chi connectivity index (χ3v) is 3.81. The minimum atomic E-state index is -0.226. The van der Waals surface area contributed by atoms with Gasteiger partial charge in [0.15, 0.2) is 0 Å². The molecule has 5 heteroatoms. The van der Waals surface area contributed by atoms with Crippen molar-refractivity contribution in [3.05, 3.63) is 52.4 Å². The van der Waals surface area contributed by atoms with E-state index >= 15 is 0 Å². The number of benzene rings is 1. The molecule has 0 amide bonds. The second-order valence-corrected chi connectivity index (χ2v) is 5.70. The number of rotatable bonds is 4. The van der Waals surface area contributed by atoms with Crippen molar-refractivity contribution in [3.8, 4) is 0 Å². The molecule has 2 N–H and O–H groups in total. The summed E-state index contributed by atoms with van der Waals surface area (Å²) >= 11 is 4.63. The normalized spacial score (nSPS) is 10.6. The molecule has 1 aromatic carbocycles. The summed E-state index contributed by atoms with van der Waals surface area (Å²) < 4.78 is 14.7. The Balaban J connectivity index is 2.16. The fourth-order valence-corrected chi connectivity index (χ4v) is 2.48. The molecular formula is C13H12BrFN2S. The minimum absolute atomic E-state index is 0.226. The van der Waals surface area contributed by atoms with Gasteiger partial charge >= 0.3 is 0 Å². The van der Waals surface area contributed by atoms with E-state index in [2.05, 4.69) is 20.9 Å². The topological polar surface area (TPSA) is 38.9 Å². The maximum Gasteiger partial charge on any atom is 0.137 e. The summed E-state index contributed by atoms with van der Waals surface area (Å²) in [6.07, 6.45) is 2.39. The lowest BCUT2D eigenvalue weighted by atomic mass is 10.1. The molecule has 18 heavy (non-hydrogen) atoms. The highest BCUT2D eigenvalue weighted by Gasteiger charge is 2.06. The van der Waals surface area contributed by atoms with Gasteiger partial charge in [-0.05, 0) is 58.7 Å². The number of aromatic nitrogens is 1. The van der Waals surface area contributed by atoms with Crippen LogP contribution in [0.2, 0.25) is 0 Å². The average molecular weight is 327 g/mol. The van der Waals surface area contributed by atoms with E-state index in [1.165, 1.54) is 17.8 Å². The molecule has 0 fully saturated rings. The van der Waals surface area contributed by atoms with E-state index in [9.17, 15) is 4.39 Å². The Morgan fingerprint density at radius 2 is 2.11 bits per heavy atom. The Morgan fingerprint density at radius 1 is 1.28 bits per heavy atom. The van der Waals surface area contributed by atoms with Gasteiger partial charge in [0.2, 0.25) is 0 Å². The number of pyridine rings is 1. The molecular weight excluding hydrogens is 315 g/mol. The van der Waals surface area contributed by atoms with Crippen LogP contribution in [0.1, 0.15) is 5.56 Å². The highest BCUT2D eigenvalue weighted by molar-refractivity contribution is 9.10. The van der Waals surface area contributed by atoms with Crippen LogP contribution in [-0.4, -0.2) is 11.5 Å². The van der Waals surface area contributed by atoms with Crippen LogP contribution in [0.25, 0.3) is 0 Å². The van der Waals surface area contributed by atoms with Crippen LogP contribution in [0.5, 0.6) is 0 Å². The summed E-state index contributed by atoms with van der Waals surface area (Å²) in [6.45, 7) is 0.528. The SMILES string of the molecule is NCCc1ccc(Sc2ccc(Br)cn2)c(F)c1. The zero-order chi connectivity index (χ0) is 13.0. The van der Waals surface area contributed by atoms with Crippen molar-refractivity contribution in [1.82, 2.24) is 4.98 Å². The molecule has 2 nitrogen and oxygen atoms in total. The fourth-order valence-electron chi connectivity index (χ4n) is 1.48. The van der Waals surface area contributed by atoms with Gasteiger partial charge < -0.3 is 5.73 Å². The molecule has 0 radical (unpaired) electrons. The highest BCUT2D eigenvalue weighted by atomic mass is 79.9. The first kappa shape index (κ1) is 13.5. The lowest BCUT2D eigenvalue weighted by Gasteiger charge is -2.05. The molecule has 2 aromatic rings. The molecule has 0 saturated heterocycles. The van der Waals surface area contributed by atoms with Gasteiger partial charge in [-0.25, -0.2) is 9.37 Å². The van der Waals surface area contributed by atoms with Crippen LogP contribution in [0.4, 0.5) is 4.39 Å². The van der Waals surface area contributed by atoms with Crippen molar-refractivity contribution in [3.63, 3.8) is 0 Å². The molecule has 0 bridgehead atoms. The summed E-state index contributed by atoms with van der Waals surface area (Å²) in [5.74, 6) is -0.226. The van der Waals surface area contributed by atoms with Crippen LogP contribution in [0.15, 0.2) is 50.9 Å². The lowest BCUT2D eigenvalue weighted by Crippen LogP contribution is -2.02. The van der Waals surface area contributed by atoms with Gasteiger partial charge in [0, 0.05) is 15.6 Å². The molecule has 1 heterocycles. The van der Waals surface area contributed by atoms with Crippen molar-refractivity contribution in [2.45, 2.75) is 16.3 Å². The Hall–Kier alpha value is -0.910. The van der Waals surface area contributed by atoms with E-state index in [0.717, 1.165) is 15.1 Å². The third-order valence-electron chi connectivity index (χ3n) is 2.34. The smallest absolute Gasteiger partial charge is 0.137 e. The number of nitrogens with zero attached hydrogens (tertiary/aromatic N) is 1. The molecule has 0 aliphatic rings. The van der Waals surface area contributed by atoms with Gasteiger partial charge in [-0.3, -0.25) is 0 Å². The van der Waals surface area contributed by atoms with Gasteiger partial charge in [0.05, 0.1) is 0 Å². The van der Waals surface area contributed by atoms with E-state index in [-0.39, 0.29) is 5.82 Å². The molecule has 0 unspecified atom stereocenters. The van der Waals surface area contributed by atoms with Crippen molar-refractivity contribution < 1.29 is 4.39 Å². The summed E-state index contributed by atoms with van der Waals surface area (Å²) in [6, 6.07) is 8.94. The second kappa shape index (κ2) is 6.31. The first-order chi connectivity index (χ1) is 8.69. The van der Waals surface area contributed by atoms with Crippen LogP contribution < -0.4 is 5.73 Å². The molecule has 1 aromatic heterocycles. The Kier molecular flexibility index (Phi) is 4.74. The van der Waals surface area contributed by atoms with Crippen LogP contribution in [0, 0.1) is 5.82 Å². The summed E-state index contributed by atoms with van der Waals surface area (Å²) in [5, 5.41) is 0.767. The Bertz CT molecular complexity index is 531. The van der Waals surface area contributed by atoms with Gasteiger partial charge in [0.1, 0.15) is 10.8 Å². The van der Waals surface area contributed by atoms with Crippen LogP contribution in [-0.2, 0) is 6.42 Å². The van der Waals surface area contributed by atoms with Gasteiger partial charge in [-0.1, -0.05) is 17.8 Å². The molecule has 0 spiro atoms. The number of halogens is 2. The summed E-state index contributed by atoms with van der Waals surface area (Å²) in [7, 11) is 0. The molecule has 2 rings (SSSR count). The van der Waals surface area contributed by atoms with Crippen molar-refractivity contribution in [1.29, 1.82) is 0 Å². The third kappa shape index (κ3) is 3.54. The largest absolute Gasteiger partial charge is 0.330 e. The van der Waals surface area contributed by atoms with Crippen molar-refractivity contribution in [2.75, 3.05) is 6.54 Å². The Morgan fingerprint density at radius 3 is 2.72 bits per heavy atom. The van der Waals surface area contributed by atoms with Crippen LogP contribution >= 0.6 is 27.7 Å². The fraction of sp³-hybridized carbons (Fsp3) is 0.154. The first-order valence-corrected chi connectivity index (χ1v) is 7.08. The molecule has 0 atom stereocenters. The van der Waals surface area contributed by atoms with E-state index in [4.69, 9.17) is 5.73 Å².